The maximum Gasteiger partial charge on any atom is 0.407 e. The van der Waals surface area contributed by atoms with Crippen LogP contribution in [0.4, 0.5) is 10.5 Å². The van der Waals surface area contributed by atoms with E-state index in [1.165, 1.54) is 4.90 Å². The van der Waals surface area contributed by atoms with Gasteiger partial charge in [0.15, 0.2) is 0 Å². The normalized spacial score (nSPS) is 14.4. The molecule has 2 heterocycles. The second-order valence-corrected chi connectivity index (χ2v) is 7.78. The number of aryl methyl sites for hydroxylation is 1. The Morgan fingerprint density at radius 2 is 2.10 bits per heavy atom. The fraction of sp³-hybridized carbons (Fsp3) is 0.348. The first-order valence-electron chi connectivity index (χ1n) is 10.1. The molecular formula is C23H27N3O4. The van der Waals surface area contributed by atoms with Crippen molar-refractivity contribution in [1.82, 2.24) is 9.47 Å². The van der Waals surface area contributed by atoms with Gasteiger partial charge in [-0.15, -0.1) is 0 Å². The van der Waals surface area contributed by atoms with Crippen LogP contribution in [0, 0.1) is 6.92 Å². The van der Waals surface area contributed by atoms with Crippen LogP contribution in [-0.4, -0.2) is 52.1 Å². The van der Waals surface area contributed by atoms with E-state index in [0.29, 0.717) is 32.6 Å². The highest BCUT2D eigenvalue weighted by molar-refractivity contribution is 5.87. The van der Waals surface area contributed by atoms with Crippen LogP contribution >= 0.6 is 0 Å². The Hall–Kier alpha value is -3.19. The van der Waals surface area contributed by atoms with Crippen molar-refractivity contribution in [3.8, 4) is 5.75 Å². The number of hydrogen-bond donors (Lipinski definition) is 3. The van der Waals surface area contributed by atoms with E-state index in [2.05, 4.69) is 28.1 Å². The number of fused-ring (bicyclic) bond motifs is 3. The Morgan fingerprint density at radius 3 is 2.87 bits per heavy atom. The molecular weight excluding hydrogens is 382 g/mol. The van der Waals surface area contributed by atoms with E-state index < -0.39 is 12.2 Å². The van der Waals surface area contributed by atoms with Gasteiger partial charge in [-0.3, -0.25) is 0 Å². The maximum absolute atomic E-state index is 11.5. The van der Waals surface area contributed by atoms with Gasteiger partial charge in [0.25, 0.3) is 0 Å². The summed E-state index contributed by atoms with van der Waals surface area (Å²) >= 11 is 0. The fourth-order valence-corrected chi connectivity index (χ4v) is 4.18. The minimum atomic E-state index is -0.892. The van der Waals surface area contributed by atoms with Crippen molar-refractivity contribution < 1.29 is 19.7 Å². The van der Waals surface area contributed by atoms with Gasteiger partial charge in [-0.1, -0.05) is 17.7 Å². The molecule has 1 aliphatic heterocycles. The number of nitrogens with one attached hydrogen (secondary N) is 1. The zero-order valence-electron chi connectivity index (χ0n) is 17.3. The molecule has 3 aromatic rings. The van der Waals surface area contributed by atoms with E-state index >= 15 is 0 Å². The molecule has 2 aromatic carbocycles. The molecule has 0 spiro atoms. The third-order valence-corrected chi connectivity index (χ3v) is 5.69. The first-order chi connectivity index (χ1) is 14.5. The molecule has 0 aliphatic carbocycles. The predicted molar refractivity (Wildman–Crippen MR) is 116 cm³/mol. The number of anilines is 1. The van der Waals surface area contributed by atoms with Crippen molar-refractivity contribution >= 4 is 22.7 Å². The van der Waals surface area contributed by atoms with Crippen LogP contribution in [0.3, 0.4) is 0 Å². The summed E-state index contributed by atoms with van der Waals surface area (Å²) in [7, 11) is 1.63. The quantitative estimate of drug-likeness (QED) is 0.580. The number of amides is 1. The molecule has 3 N–H and O–H groups in total. The van der Waals surface area contributed by atoms with E-state index in [1.807, 2.05) is 31.2 Å². The van der Waals surface area contributed by atoms with Gasteiger partial charge in [-0.25, -0.2) is 4.79 Å². The van der Waals surface area contributed by atoms with Crippen molar-refractivity contribution in [2.75, 3.05) is 25.5 Å². The van der Waals surface area contributed by atoms with E-state index in [0.717, 1.165) is 39.2 Å². The van der Waals surface area contributed by atoms with Crippen LogP contribution in [0.5, 0.6) is 5.75 Å². The Kier molecular flexibility index (Phi) is 5.55. The third kappa shape index (κ3) is 3.93. The van der Waals surface area contributed by atoms with Gasteiger partial charge in [0.05, 0.1) is 26.3 Å². The second kappa shape index (κ2) is 8.28. The van der Waals surface area contributed by atoms with Crippen molar-refractivity contribution in [1.29, 1.82) is 0 Å². The lowest BCUT2D eigenvalue weighted by atomic mass is 10.0. The molecule has 1 atom stereocenters. The SMILES string of the molecule is COc1cccc(NCC(O)Cn2c3c(c4cc(C)ccc42)CN(C(=O)O)CC3)c1. The Labute approximate surface area is 175 Å². The number of aliphatic hydroxyl groups is 1. The first-order valence-corrected chi connectivity index (χ1v) is 10.1. The Balaban J connectivity index is 1.57. The number of carboxylic acid groups (broad SMARTS) is 1. The van der Waals surface area contributed by atoms with E-state index in [9.17, 15) is 15.0 Å². The largest absolute Gasteiger partial charge is 0.497 e. The molecule has 0 saturated carbocycles. The smallest absolute Gasteiger partial charge is 0.407 e. The number of benzene rings is 2. The van der Waals surface area contributed by atoms with Gasteiger partial charge in [-0.2, -0.15) is 0 Å². The number of carbonyl (C=O) groups is 1. The van der Waals surface area contributed by atoms with E-state index in [-0.39, 0.29) is 0 Å². The van der Waals surface area contributed by atoms with Gasteiger partial charge < -0.3 is 29.7 Å². The number of nitrogens with zero attached hydrogens (tertiary/aromatic N) is 2. The van der Waals surface area contributed by atoms with Crippen LogP contribution in [-0.2, 0) is 19.5 Å². The average molecular weight is 409 g/mol. The second-order valence-electron chi connectivity index (χ2n) is 7.78. The zero-order valence-corrected chi connectivity index (χ0v) is 17.3. The first kappa shape index (κ1) is 20.1. The molecule has 1 aromatic heterocycles. The summed E-state index contributed by atoms with van der Waals surface area (Å²) in [5.74, 6) is 0.762. The molecule has 1 amide bonds. The van der Waals surface area contributed by atoms with Crippen molar-refractivity contribution in [3.05, 3.63) is 59.3 Å². The van der Waals surface area contributed by atoms with Crippen LogP contribution in [0.25, 0.3) is 10.9 Å². The summed E-state index contributed by atoms with van der Waals surface area (Å²) in [5, 5.41) is 24.5. The molecule has 4 rings (SSSR count). The summed E-state index contributed by atoms with van der Waals surface area (Å²) in [4.78, 5) is 12.9. The fourth-order valence-electron chi connectivity index (χ4n) is 4.18. The minimum absolute atomic E-state index is 0.385. The van der Waals surface area contributed by atoms with Crippen molar-refractivity contribution in [2.45, 2.75) is 32.5 Å². The molecule has 0 fully saturated rings. The van der Waals surface area contributed by atoms with Crippen LogP contribution < -0.4 is 10.1 Å². The highest BCUT2D eigenvalue weighted by Crippen LogP contribution is 2.32. The van der Waals surface area contributed by atoms with Crippen molar-refractivity contribution in [2.24, 2.45) is 0 Å². The van der Waals surface area contributed by atoms with Crippen molar-refractivity contribution in [3.63, 3.8) is 0 Å². The molecule has 0 radical (unpaired) electrons. The molecule has 0 saturated heterocycles. The van der Waals surface area contributed by atoms with Gasteiger partial charge in [0.2, 0.25) is 0 Å². The predicted octanol–water partition coefficient (Wildman–Crippen LogP) is 3.47. The van der Waals surface area contributed by atoms with Crippen LogP contribution in [0.1, 0.15) is 16.8 Å². The monoisotopic (exact) mass is 409 g/mol. The standard InChI is InChI=1S/C23H27N3O4/c1-15-6-7-21-19(10-15)20-14-25(23(28)29)9-8-22(20)26(21)13-17(27)12-24-16-4-3-5-18(11-16)30-2/h3-7,10-11,17,24,27H,8-9,12-14H2,1-2H3,(H,28,29). The topological polar surface area (TPSA) is 87.0 Å². The third-order valence-electron chi connectivity index (χ3n) is 5.69. The minimum Gasteiger partial charge on any atom is -0.497 e. The van der Waals surface area contributed by atoms with Gasteiger partial charge in [0.1, 0.15) is 5.75 Å². The molecule has 0 bridgehead atoms. The summed E-state index contributed by atoms with van der Waals surface area (Å²) in [5.41, 5.74) is 5.23. The molecule has 1 aliphatic rings. The summed E-state index contributed by atoms with van der Waals surface area (Å²) < 4.78 is 7.39. The highest BCUT2D eigenvalue weighted by atomic mass is 16.5. The Bertz CT molecular complexity index is 1080. The lowest BCUT2D eigenvalue weighted by Gasteiger charge is -2.26. The van der Waals surface area contributed by atoms with E-state index in [1.54, 1.807) is 7.11 Å². The van der Waals surface area contributed by atoms with Crippen LogP contribution in [0.15, 0.2) is 42.5 Å². The van der Waals surface area contributed by atoms with Gasteiger partial charge in [0, 0.05) is 53.4 Å². The highest BCUT2D eigenvalue weighted by Gasteiger charge is 2.27. The zero-order chi connectivity index (χ0) is 21.3. The molecule has 158 valence electrons. The molecule has 7 nitrogen and oxygen atoms in total. The number of aliphatic hydroxyl groups excluding tert-OH is 1. The molecule has 7 heteroatoms. The number of hydrogen-bond acceptors (Lipinski definition) is 4. The number of methoxy groups -OCH3 is 1. The van der Waals surface area contributed by atoms with E-state index in [4.69, 9.17) is 4.74 Å². The molecule has 30 heavy (non-hydrogen) atoms. The van der Waals surface area contributed by atoms with Gasteiger partial charge in [-0.05, 0) is 31.2 Å². The lowest BCUT2D eigenvalue weighted by Crippen LogP contribution is -2.35. The number of ether oxygens (including phenoxy) is 1. The lowest BCUT2D eigenvalue weighted by molar-refractivity contribution is 0.138. The summed E-state index contributed by atoms with van der Waals surface area (Å²) in [6.07, 6.45) is -0.850. The number of aromatic nitrogens is 1. The Morgan fingerprint density at radius 1 is 1.27 bits per heavy atom. The maximum atomic E-state index is 11.5. The summed E-state index contributed by atoms with van der Waals surface area (Å²) in [6, 6.07) is 13.8. The van der Waals surface area contributed by atoms with Gasteiger partial charge >= 0.3 is 6.09 Å². The molecule has 1 unspecified atom stereocenters. The number of rotatable bonds is 6. The van der Waals surface area contributed by atoms with Crippen LogP contribution in [0.2, 0.25) is 0 Å². The average Bonchev–Trinajstić information content (AvgIpc) is 3.04. The summed E-state index contributed by atoms with van der Waals surface area (Å²) in [6.45, 7) is 3.73.